The first-order chi connectivity index (χ1) is 13.3. The summed E-state index contributed by atoms with van der Waals surface area (Å²) in [7, 11) is 1.69. The molecule has 1 saturated heterocycles. The van der Waals surface area contributed by atoms with Crippen LogP contribution in [0.1, 0.15) is 18.9 Å². The van der Waals surface area contributed by atoms with Gasteiger partial charge in [0.05, 0.1) is 26.4 Å². The number of aliphatic imine (C=N–C) groups is 1. The van der Waals surface area contributed by atoms with E-state index in [9.17, 15) is 0 Å². The molecule has 0 spiro atoms. The third-order valence-electron chi connectivity index (χ3n) is 4.43. The standard InChI is InChI=1S/C21H33N3O3/c1-4-12-27-20-9-7-6-8-19(20)15-23-21(22-5-2)24-11-10-18(16-24)17-26-14-13-25-3/h4,6-9,18H,1,5,10-17H2,2-3H3,(H,22,23). The van der Waals surface area contributed by atoms with Gasteiger partial charge >= 0.3 is 0 Å². The monoisotopic (exact) mass is 375 g/mol. The highest BCUT2D eigenvalue weighted by atomic mass is 16.5. The number of hydrogen-bond donors (Lipinski definition) is 1. The molecule has 0 radical (unpaired) electrons. The molecule has 0 saturated carbocycles. The van der Waals surface area contributed by atoms with Crippen molar-refractivity contribution < 1.29 is 14.2 Å². The number of guanidine groups is 1. The van der Waals surface area contributed by atoms with Gasteiger partial charge < -0.3 is 24.4 Å². The maximum Gasteiger partial charge on any atom is 0.194 e. The fourth-order valence-electron chi connectivity index (χ4n) is 3.06. The average Bonchev–Trinajstić information content (AvgIpc) is 3.16. The molecule has 0 aromatic heterocycles. The molecule has 0 aliphatic carbocycles. The number of likely N-dealkylation sites (tertiary alicyclic amines) is 1. The van der Waals surface area contributed by atoms with Crippen molar-refractivity contribution in [3.8, 4) is 5.75 Å². The highest BCUT2D eigenvalue weighted by Gasteiger charge is 2.25. The molecule has 1 aliphatic rings. The van der Waals surface area contributed by atoms with Crippen molar-refractivity contribution in [2.24, 2.45) is 10.9 Å². The van der Waals surface area contributed by atoms with Crippen molar-refractivity contribution in [3.05, 3.63) is 42.5 Å². The van der Waals surface area contributed by atoms with Crippen LogP contribution in [0, 0.1) is 5.92 Å². The lowest BCUT2D eigenvalue weighted by Crippen LogP contribution is -2.40. The maximum absolute atomic E-state index is 5.74. The smallest absolute Gasteiger partial charge is 0.194 e. The largest absolute Gasteiger partial charge is 0.489 e. The first kappa shape index (κ1) is 21.3. The van der Waals surface area contributed by atoms with E-state index >= 15 is 0 Å². The van der Waals surface area contributed by atoms with Gasteiger partial charge in [-0.2, -0.15) is 0 Å². The second kappa shape index (κ2) is 12.4. The van der Waals surface area contributed by atoms with Crippen LogP contribution in [0.15, 0.2) is 41.9 Å². The molecule has 1 heterocycles. The molecule has 27 heavy (non-hydrogen) atoms. The molecule has 1 aromatic carbocycles. The predicted octanol–water partition coefficient (Wildman–Crippen LogP) is 2.70. The Balaban J connectivity index is 1.94. The van der Waals surface area contributed by atoms with Crippen LogP contribution in [0.3, 0.4) is 0 Å². The summed E-state index contributed by atoms with van der Waals surface area (Å²) in [6, 6.07) is 8.03. The van der Waals surface area contributed by atoms with Crippen LogP contribution in [0.4, 0.5) is 0 Å². The average molecular weight is 376 g/mol. The number of nitrogens with one attached hydrogen (secondary N) is 1. The summed E-state index contributed by atoms with van der Waals surface area (Å²) in [4.78, 5) is 7.16. The summed E-state index contributed by atoms with van der Waals surface area (Å²) in [6.07, 6.45) is 2.87. The highest BCUT2D eigenvalue weighted by Crippen LogP contribution is 2.20. The van der Waals surface area contributed by atoms with Crippen LogP contribution < -0.4 is 10.1 Å². The zero-order valence-corrected chi connectivity index (χ0v) is 16.7. The molecule has 1 unspecified atom stereocenters. The van der Waals surface area contributed by atoms with Crippen molar-refractivity contribution in [2.75, 3.05) is 53.2 Å². The summed E-state index contributed by atoms with van der Waals surface area (Å²) in [5.74, 6) is 2.35. The minimum atomic E-state index is 0.498. The number of nitrogens with zero attached hydrogens (tertiary/aromatic N) is 2. The molecule has 1 N–H and O–H groups in total. The van der Waals surface area contributed by atoms with Crippen LogP contribution in [0.5, 0.6) is 5.75 Å². The van der Waals surface area contributed by atoms with Gasteiger partial charge in [-0.15, -0.1) is 0 Å². The minimum absolute atomic E-state index is 0.498. The number of benzene rings is 1. The van der Waals surface area contributed by atoms with E-state index in [1.165, 1.54) is 0 Å². The van der Waals surface area contributed by atoms with E-state index in [0.717, 1.165) is 49.9 Å². The zero-order valence-electron chi connectivity index (χ0n) is 16.7. The Bertz CT molecular complexity index is 592. The van der Waals surface area contributed by atoms with E-state index < -0.39 is 0 Å². The van der Waals surface area contributed by atoms with Gasteiger partial charge in [0.15, 0.2) is 5.96 Å². The summed E-state index contributed by atoms with van der Waals surface area (Å²) in [5.41, 5.74) is 1.08. The topological polar surface area (TPSA) is 55.3 Å². The molecule has 150 valence electrons. The maximum atomic E-state index is 5.74. The SMILES string of the molecule is C=CCOc1ccccc1CN=C(NCC)N1CCC(COCCOC)C1. The Labute approximate surface area is 163 Å². The number of hydrogen-bond acceptors (Lipinski definition) is 4. The van der Waals surface area contributed by atoms with Crippen molar-refractivity contribution >= 4 is 5.96 Å². The van der Waals surface area contributed by atoms with Gasteiger partial charge in [0, 0.05) is 38.2 Å². The highest BCUT2D eigenvalue weighted by molar-refractivity contribution is 5.80. The molecule has 1 aromatic rings. The van der Waals surface area contributed by atoms with Gasteiger partial charge in [-0.05, 0) is 19.4 Å². The third kappa shape index (κ3) is 7.23. The lowest BCUT2D eigenvalue weighted by molar-refractivity contribution is 0.0536. The molecule has 6 heteroatoms. The lowest BCUT2D eigenvalue weighted by atomic mass is 10.1. The van der Waals surface area contributed by atoms with Gasteiger partial charge in [-0.25, -0.2) is 4.99 Å². The molecule has 6 nitrogen and oxygen atoms in total. The molecule has 1 aliphatic heterocycles. The van der Waals surface area contributed by atoms with Crippen LogP contribution in [0.25, 0.3) is 0 Å². The van der Waals surface area contributed by atoms with E-state index in [1.54, 1.807) is 13.2 Å². The van der Waals surface area contributed by atoms with E-state index in [1.807, 2.05) is 18.2 Å². The van der Waals surface area contributed by atoms with Gasteiger partial charge in [0.2, 0.25) is 0 Å². The Kier molecular flexibility index (Phi) is 9.73. The summed E-state index contributed by atoms with van der Waals surface area (Å²) in [5, 5.41) is 3.41. The van der Waals surface area contributed by atoms with Crippen LogP contribution in [-0.4, -0.2) is 64.0 Å². The summed E-state index contributed by atoms with van der Waals surface area (Å²) >= 11 is 0. The first-order valence-electron chi connectivity index (χ1n) is 9.70. The zero-order chi connectivity index (χ0) is 19.3. The Morgan fingerprint density at radius 3 is 3.00 bits per heavy atom. The Morgan fingerprint density at radius 2 is 2.22 bits per heavy atom. The number of methoxy groups -OCH3 is 1. The second-order valence-corrected chi connectivity index (χ2v) is 6.55. The van der Waals surface area contributed by atoms with E-state index in [2.05, 4.69) is 29.8 Å². The Hall–Kier alpha value is -2.05. The van der Waals surface area contributed by atoms with Crippen molar-refractivity contribution in [1.29, 1.82) is 0 Å². The number of ether oxygens (including phenoxy) is 3. The minimum Gasteiger partial charge on any atom is -0.489 e. The number of rotatable bonds is 11. The van der Waals surface area contributed by atoms with Gasteiger partial charge in [-0.3, -0.25) is 0 Å². The van der Waals surface area contributed by atoms with Crippen LogP contribution >= 0.6 is 0 Å². The first-order valence-corrected chi connectivity index (χ1v) is 9.70. The fraction of sp³-hybridized carbons (Fsp3) is 0.571. The van der Waals surface area contributed by atoms with Gasteiger partial charge in [-0.1, -0.05) is 30.9 Å². The molecule has 2 rings (SSSR count). The van der Waals surface area contributed by atoms with Crippen LogP contribution in [0.2, 0.25) is 0 Å². The lowest BCUT2D eigenvalue weighted by Gasteiger charge is -2.22. The fourth-order valence-corrected chi connectivity index (χ4v) is 3.06. The van der Waals surface area contributed by atoms with Gasteiger partial charge in [0.1, 0.15) is 12.4 Å². The van der Waals surface area contributed by atoms with E-state index in [-0.39, 0.29) is 0 Å². The molecular formula is C21H33N3O3. The number of para-hydroxylation sites is 1. The molecule has 0 bridgehead atoms. The molecular weight excluding hydrogens is 342 g/mol. The van der Waals surface area contributed by atoms with Crippen LogP contribution in [-0.2, 0) is 16.0 Å². The normalized spacial score (nSPS) is 17.2. The van der Waals surface area contributed by atoms with Gasteiger partial charge in [0.25, 0.3) is 0 Å². The van der Waals surface area contributed by atoms with Crippen molar-refractivity contribution in [1.82, 2.24) is 10.2 Å². The third-order valence-corrected chi connectivity index (χ3v) is 4.43. The molecule has 0 amide bonds. The Morgan fingerprint density at radius 1 is 1.37 bits per heavy atom. The summed E-state index contributed by atoms with van der Waals surface area (Å²) in [6.45, 7) is 11.8. The van der Waals surface area contributed by atoms with E-state index in [4.69, 9.17) is 19.2 Å². The molecule has 1 atom stereocenters. The second-order valence-electron chi connectivity index (χ2n) is 6.55. The van der Waals surface area contributed by atoms with E-state index in [0.29, 0.717) is 32.3 Å². The van der Waals surface area contributed by atoms with Crippen molar-refractivity contribution in [3.63, 3.8) is 0 Å². The summed E-state index contributed by atoms with van der Waals surface area (Å²) < 4.78 is 16.5. The van der Waals surface area contributed by atoms with Crippen molar-refractivity contribution in [2.45, 2.75) is 19.9 Å². The quantitative estimate of drug-likeness (QED) is 0.279. The molecule has 1 fully saturated rings. The predicted molar refractivity (Wildman–Crippen MR) is 109 cm³/mol.